The molecule has 0 spiro atoms. The highest BCUT2D eigenvalue weighted by atomic mass is 79.9. The topological polar surface area (TPSA) is 20.3 Å². The van der Waals surface area contributed by atoms with Crippen molar-refractivity contribution in [3.63, 3.8) is 0 Å². The van der Waals surface area contributed by atoms with Crippen LogP contribution in [0.15, 0.2) is 20.8 Å². The van der Waals surface area contributed by atoms with Gasteiger partial charge in [0.25, 0.3) is 5.91 Å². The second kappa shape index (κ2) is 5.93. The van der Waals surface area contributed by atoms with E-state index < -0.39 is 0 Å². The van der Waals surface area contributed by atoms with Gasteiger partial charge in [-0.05, 0) is 89.9 Å². The zero-order valence-electron chi connectivity index (χ0n) is 13.1. The zero-order valence-corrected chi connectivity index (χ0v) is 17.1. The Kier molecular flexibility index (Phi) is 3.96. The lowest BCUT2D eigenvalue weighted by atomic mass is 9.54. The molecule has 126 valence electrons. The maximum Gasteiger partial charge on any atom is 0.266 e. The van der Waals surface area contributed by atoms with Crippen molar-refractivity contribution in [1.82, 2.24) is 4.90 Å². The molecular weight excluding hydrogens is 422 g/mol. The number of rotatable bonds is 2. The van der Waals surface area contributed by atoms with Gasteiger partial charge < -0.3 is 0 Å². The maximum absolute atomic E-state index is 13.1. The summed E-state index contributed by atoms with van der Waals surface area (Å²) in [5.74, 6) is 3.34. The normalized spacial score (nSPS) is 39.5. The van der Waals surface area contributed by atoms with Crippen LogP contribution in [0.2, 0.25) is 0 Å². The first kappa shape index (κ1) is 16.0. The van der Waals surface area contributed by atoms with Gasteiger partial charge in [0.05, 0.1) is 8.69 Å². The molecule has 4 aliphatic carbocycles. The first-order chi connectivity index (χ1) is 11.6. The van der Waals surface area contributed by atoms with Crippen LogP contribution in [0, 0.1) is 23.7 Å². The summed E-state index contributed by atoms with van der Waals surface area (Å²) in [6, 6.07) is 4.44. The molecule has 1 aromatic heterocycles. The van der Waals surface area contributed by atoms with Gasteiger partial charge >= 0.3 is 0 Å². The molecule has 0 atom stereocenters. The Labute approximate surface area is 164 Å². The second-order valence-electron chi connectivity index (χ2n) is 7.61. The maximum atomic E-state index is 13.1. The molecule has 0 aromatic carbocycles. The van der Waals surface area contributed by atoms with E-state index in [0.29, 0.717) is 17.9 Å². The average molecular weight is 440 g/mol. The minimum atomic E-state index is 0.145. The Morgan fingerprint density at radius 2 is 1.79 bits per heavy atom. The van der Waals surface area contributed by atoms with Crippen molar-refractivity contribution in [2.45, 2.75) is 38.1 Å². The van der Waals surface area contributed by atoms with Gasteiger partial charge in [0.1, 0.15) is 4.32 Å². The Hall–Kier alpha value is -0.170. The first-order valence-electron chi connectivity index (χ1n) is 8.61. The van der Waals surface area contributed by atoms with Crippen LogP contribution in [0.3, 0.4) is 0 Å². The van der Waals surface area contributed by atoms with E-state index in [1.165, 1.54) is 43.9 Å². The molecule has 6 heteroatoms. The van der Waals surface area contributed by atoms with E-state index in [0.717, 1.165) is 29.7 Å². The van der Waals surface area contributed by atoms with Gasteiger partial charge in [-0.15, -0.1) is 11.3 Å². The molecule has 4 bridgehead atoms. The van der Waals surface area contributed by atoms with Crippen LogP contribution in [0.25, 0.3) is 6.08 Å². The third-order valence-corrected chi connectivity index (χ3v) is 9.07. The number of thiocarbonyl (C=S) groups is 1. The largest absolute Gasteiger partial charge is 0.289 e. The second-order valence-corrected chi connectivity index (χ2v) is 11.8. The van der Waals surface area contributed by atoms with Gasteiger partial charge in [0.15, 0.2) is 0 Å². The molecule has 24 heavy (non-hydrogen) atoms. The van der Waals surface area contributed by atoms with E-state index in [9.17, 15) is 4.79 Å². The van der Waals surface area contributed by atoms with Crippen molar-refractivity contribution >= 4 is 67.6 Å². The Morgan fingerprint density at radius 1 is 1.12 bits per heavy atom. The SMILES string of the molecule is O=C1/C(=C/c2ccc(Br)s2)SC(=S)N1C1C2CC3CC(C2)CC1C3. The minimum Gasteiger partial charge on any atom is -0.289 e. The Morgan fingerprint density at radius 3 is 2.38 bits per heavy atom. The third-order valence-electron chi connectivity index (χ3n) is 6.17. The average Bonchev–Trinajstić information content (AvgIpc) is 3.04. The van der Waals surface area contributed by atoms with Crippen LogP contribution >= 0.6 is 51.2 Å². The quantitative estimate of drug-likeness (QED) is 0.445. The first-order valence-corrected chi connectivity index (χ1v) is 11.4. The third kappa shape index (κ3) is 2.56. The summed E-state index contributed by atoms with van der Waals surface area (Å²) >= 11 is 12.3. The monoisotopic (exact) mass is 439 g/mol. The number of nitrogens with zero attached hydrogens (tertiary/aromatic N) is 1. The molecule has 2 heterocycles. The summed E-state index contributed by atoms with van der Waals surface area (Å²) in [6.45, 7) is 0. The van der Waals surface area contributed by atoms with E-state index >= 15 is 0 Å². The van der Waals surface area contributed by atoms with E-state index in [-0.39, 0.29) is 5.91 Å². The highest BCUT2D eigenvalue weighted by molar-refractivity contribution is 9.11. The number of thioether (sulfide) groups is 1. The lowest BCUT2D eigenvalue weighted by molar-refractivity contribution is -0.130. The van der Waals surface area contributed by atoms with Crippen molar-refractivity contribution in [2.75, 3.05) is 0 Å². The number of amides is 1. The van der Waals surface area contributed by atoms with Gasteiger partial charge in [0.2, 0.25) is 0 Å². The highest BCUT2D eigenvalue weighted by Gasteiger charge is 2.53. The van der Waals surface area contributed by atoms with Crippen molar-refractivity contribution in [1.29, 1.82) is 0 Å². The van der Waals surface area contributed by atoms with E-state index in [1.807, 2.05) is 23.1 Å². The van der Waals surface area contributed by atoms with Crippen molar-refractivity contribution in [2.24, 2.45) is 23.7 Å². The number of carbonyl (C=O) groups is 1. The fraction of sp³-hybridized carbons (Fsp3) is 0.556. The molecule has 1 aliphatic heterocycles. The van der Waals surface area contributed by atoms with Gasteiger partial charge in [0, 0.05) is 10.9 Å². The van der Waals surface area contributed by atoms with Gasteiger partial charge in [-0.2, -0.15) is 0 Å². The molecule has 1 amide bonds. The van der Waals surface area contributed by atoms with E-state index in [1.54, 1.807) is 11.3 Å². The summed E-state index contributed by atoms with van der Waals surface area (Å²) in [7, 11) is 0. The zero-order chi connectivity index (χ0) is 16.4. The predicted molar refractivity (Wildman–Crippen MR) is 108 cm³/mol. The van der Waals surface area contributed by atoms with E-state index in [4.69, 9.17) is 12.2 Å². The van der Waals surface area contributed by atoms with Crippen molar-refractivity contribution in [3.05, 3.63) is 25.7 Å². The molecule has 1 saturated heterocycles. The number of thiophene rings is 1. The molecular formula is C18H18BrNOS3. The van der Waals surface area contributed by atoms with E-state index in [2.05, 4.69) is 15.9 Å². The predicted octanol–water partition coefficient (Wildman–Crippen LogP) is 5.54. The van der Waals surface area contributed by atoms with Crippen LogP contribution in [-0.4, -0.2) is 21.2 Å². The number of hydrogen-bond donors (Lipinski definition) is 0. The summed E-state index contributed by atoms with van der Waals surface area (Å²) in [5, 5.41) is 0. The molecule has 6 rings (SSSR count). The molecule has 0 unspecified atom stereocenters. The van der Waals surface area contributed by atoms with Crippen LogP contribution < -0.4 is 0 Å². The number of hydrogen-bond acceptors (Lipinski definition) is 4. The molecule has 5 aliphatic rings. The number of halogens is 1. The lowest BCUT2D eigenvalue weighted by Crippen LogP contribution is -2.57. The smallest absolute Gasteiger partial charge is 0.266 e. The minimum absolute atomic E-state index is 0.145. The van der Waals surface area contributed by atoms with Crippen LogP contribution in [0.5, 0.6) is 0 Å². The molecule has 1 aromatic rings. The fourth-order valence-corrected chi connectivity index (χ4v) is 8.37. The van der Waals surface area contributed by atoms with Gasteiger partial charge in [-0.3, -0.25) is 9.69 Å². The Balaban J connectivity index is 1.43. The van der Waals surface area contributed by atoms with Crippen LogP contribution in [0.1, 0.15) is 37.0 Å². The molecule has 5 fully saturated rings. The molecule has 4 saturated carbocycles. The van der Waals surface area contributed by atoms with Crippen molar-refractivity contribution in [3.8, 4) is 0 Å². The lowest BCUT2D eigenvalue weighted by Gasteiger charge is -2.56. The fourth-order valence-electron chi connectivity index (χ4n) is 5.59. The Bertz CT molecular complexity index is 727. The van der Waals surface area contributed by atoms with Gasteiger partial charge in [-0.1, -0.05) is 24.0 Å². The molecule has 2 nitrogen and oxygen atoms in total. The number of carbonyl (C=O) groups excluding carboxylic acids is 1. The van der Waals surface area contributed by atoms with Crippen molar-refractivity contribution < 1.29 is 4.79 Å². The van der Waals surface area contributed by atoms with Gasteiger partial charge in [-0.25, -0.2) is 0 Å². The highest BCUT2D eigenvalue weighted by Crippen LogP contribution is 2.56. The standard InChI is InChI=1S/C18H18BrNOS3/c19-15-2-1-13(23-15)8-14-17(21)20(18(22)24-14)16-11-4-9-3-10(6-11)7-12(16)5-9/h1-2,8-12,16H,3-7H2/b14-8-. The summed E-state index contributed by atoms with van der Waals surface area (Å²) < 4.78 is 1.87. The summed E-state index contributed by atoms with van der Waals surface area (Å²) in [6.07, 6.45) is 8.69. The summed E-state index contributed by atoms with van der Waals surface area (Å²) in [5.41, 5.74) is 0. The molecule has 0 radical (unpaired) electrons. The summed E-state index contributed by atoms with van der Waals surface area (Å²) in [4.78, 5) is 17.0. The molecule has 0 N–H and O–H groups in total. The van der Waals surface area contributed by atoms with Crippen LogP contribution in [-0.2, 0) is 4.79 Å². The van der Waals surface area contributed by atoms with Crippen LogP contribution in [0.4, 0.5) is 0 Å².